The quantitative estimate of drug-likeness (QED) is 0.793. The summed E-state index contributed by atoms with van der Waals surface area (Å²) in [6, 6.07) is 0. The Kier molecular flexibility index (Phi) is 5.19. The van der Waals surface area contributed by atoms with Gasteiger partial charge in [-0.15, -0.1) is 0 Å². The molecule has 0 spiro atoms. The summed E-state index contributed by atoms with van der Waals surface area (Å²) in [5.74, 6) is 0.465. The van der Waals surface area contributed by atoms with E-state index >= 15 is 0 Å². The molecule has 0 fully saturated rings. The average Bonchev–Trinajstić information content (AvgIpc) is 2.36. The van der Waals surface area contributed by atoms with E-state index in [0.29, 0.717) is 13.1 Å². The monoisotopic (exact) mass is 280 g/mol. The van der Waals surface area contributed by atoms with Crippen LogP contribution in [-0.4, -0.2) is 15.7 Å². The van der Waals surface area contributed by atoms with Gasteiger partial charge in [0.15, 0.2) is 0 Å². The van der Waals surface area contributed by atoms with Gasteiger partial charge in [0.25, 0.3) is 5.56 Å². The molecule has 1 rings (SSSR count). The minimum absolute atomic E-state index is 0.203. The lowest BCUT2D eigenvalue weighted by Gasteiger charge is -2.17. The van der Waals surface area contributed by atoms with Crippen LogP contribution in [0.5, 0.6) is 0 Å². The lowest BCUT2D eigenvalue weighted by atomic mass is 10.2. The molecule has 0 atom stereocenters. The molecule has 0 aliphatic rings. The molecule has 0 radical (unpaired) electrons. The summed E-state index contributed by atoms with van der Waals surface area (Å²) in [5, 5.41) is 3.00. The lowest BCUT2D eigenvalue weighted by Crippen LogP contribution is -2.41. The third-order valence-electron chi connectivity index (χ3n) is 2.92. The summed E-state index contributed by atoms with van der Waals surface area (Å²) in [6.45, 7) is 8.92. The topological polar surface area (TPSA) is 82.0 Å². The highest BCUT2D eigenvalue weighted by molar-refractivity contribution is 5.60. The van der Waals surface area contributed by atoms with Crippen molar-refractivity contribution in [1.29, 1.82) is 0 Å². The highest BCUT2D eigenvalue weighted by Crippen LogP contribution is 2.12. The molecule has 0 bridgehead atoms. The van der Waals surface area contributed by atoms with Crippen molar-refractivity contribution >= 4 is 11.5 Å². The summed E-state index contributed by atoms with van der Waals surface area (Å²) in [7, 11) is 1.47. The molecule has 20 heavy (non-hydrogen) atoms. The molecule has 3 N–H and O–H groups in total. The summed E-state index contributed by atoms with van der Waals surface area (Å²) in [6.07, 6.45) is 1.96. The highest BCUT2D eigenvalue weighted by atomic mass is 16.2. The van der Waals surface area contributed by atoms with Crippen LogP contribution in [-0.2, 0) is 13.6 Å². The second-order valence-electron chi connectivity index (χ2n) is 5.57. The number of nitrogen functional groups attached to an aromatic ring is 1. The molecule has 0 aliphatic carbocycles. The lowest BCUT2D eigenvalue weighted by molar-refractivity contribution is 0.494. The van der Waals surface area contributed by atoms with Crippen LogP contribution in [0.3, 0.4) is 0 Å². The van der Waals surface area contributed by atoms with Crippen molar-refractivity contribution in [2.24, 2.45) is 13.0 Å². The third-order valence-corrected chi connectivity index (χ3v) is 2.92. The Morgan fingerprint density at radius 2 is 1.95 bits per heavy atom. The van der Waals surface area contributed by atoms with Gasteiger partial charge in [-0.05, 0) is 19.8 Å². The molecular weight excluding hydrogens is 256 g/mol. The molecule has 1 aromatic heterocycles. The standard InChI is InChI=1S/C14H24N4O2/c1-9(2)6-7-16-11-12(15)18(8-10(3)4)14(20)17(5)13(11)19/h6,10,16H,7-8,15H2,1-5H3. The first-order valence-electron chi connectivity index (χ1n) is 6.72. The van der Waals surface area contributed by atoms with Crippen LogP contribution in [0.4, 0.5) is 11.5 Å². The number of hydrogen-bond donors (Lipinski definition) is 2. The summed E-state index contributed by atoms with van der Waals surface area (Å²) in [5.41, 5.74) is 6.64. The van der Waals surface area contributed by atoms with E-state index in [9.17, 15) is 9.59 Å². The molecular formula is C14H24N4O2. The van der Waals surface area contributed by atoms with Crippen LogP contribution >= 0.6 is 0 Å². The van der Waals surface area contributed by atoms with Crippen molar-refractivity contribution in [1.82, 2.24) is 9.13 Å². The van der Waals surface area contributed by atoms with E-state index < -0.39 is 5.56 Å². The molecule has 0 amide bonds. The van der Waals surface area contributed by atoms with Gasteiger partial charge in [0, 0.05) is 20.1 Å². The Morgan fingerprint density at radius 3 is 2.45 bits per heavy atom. The second-order valence-corrected chi connectivity index (χ2v) is 5.57. The zero-order valence-corrected chi connectivity index (χ0v) is 12.9. The predicted molar refractivity (Wildman–Crippen MR) is 83.1 cm³/mol. The molecule has 0 saturated heterocycles. The predicted octanol–water partition coefficient (Wildman–Crippen LogP) is 1.16. The number of allylic oxidation sites excluding steroid dienone is 1. The van der Waals surface area contributed by atoms with Crippen molar-refractivity contribution in [2.75, 3.05) is 17.6 Å². The fraction of sp³-hybridized carbons (Fsp3) is 0.571. The first kappa shape index (κ1) is 16.1. The number of rotatable bonds is 5. The normalized spacial score (nSPS) is 10.7. The zero-order chi connectivity index (χ0) is 15.4. The smallest absolute Gasteiger partial charge is 0.332 e. The van der Waals surface area contributed by atoms with Crippen molar-refractivity contribution in [3.63, 3.8) is 0 Å². The van der Waals surface area contributed by atoms with Crippen LogP contribution in [0, 0.1) is 5.92 Å². The third kappa shape index (κ3) is 3.53. The van der Waals surface area contributed by atoms with Crippen molar-refractivity contribution in [2.45, 2.75) is 34.2 Å². The Labute approximate surface area is 118 Å². The number of aromatic nitrogens is 2. The molecule has 6 heteroatoms. The number of nitrogens with two attached hydrogens (primary N) is 1. The summed E-state index contributed by atoms with van der Waals surface area (Å²) in [4.78, 5) is 24.2. The summed E-state index contributed by atoms with van der Waals surface area (Å²) >= 11 is 0. The highest BCUT2D eigenvalue weighted by Gasteiger charge is 2.15. The maximum Gasteiger partial charge on any atom is 0.332 e. The number of nitrogens with zero attached hydrogens (tertiary/aromatic N) is 2. The zero-order valence-electron chi connectivity index (χ0n) is 12.9. The van der Waals surface area contributed by atoms with Crippen LogP contribution in [0.15, 0.2) is 21.2 Å². The Bertz CT molecular complexity index is 619. The SMILES string of the molecule is CC(C)=CCNc1c(N)n(CC(C)C)c(=O)n(C)c1=O. The van der Waals surface area contributed by atoms with Crippen LogP contribution in [0.1, 0.15) is 27.7 Å². The van der Waals surface area contributed by atoms with E-state index in [1.165, 1.54) is 11.6 Å². The Hall–Kier alpha value is -1.98. The fourth-order valence-corrected chi connectivity index (χ4v) is 1.85. The molecule has 0 unspecified atom stereocenters. The van der Waals surface area contributed by atoms with Crippen molar-refractivity contribution in [3.05, 3.63) is 32.5 Å². The van der Waals surface area contributed by atoms with Gasteiger partial charge in [-0.3, -0.25) is 13.9 Å². The number of anilines is 2. The van der Waals surface area contributed by atoms with Crippen LogP contribution < -0.4 is 22.3 Å². The molecule has 112 valence electrons. The Balaban J connectivity index is 3.30. The van der Waals surface area contributed by atoms with Crippen molar-refractivity contribution < 1.29 is 0 Å². The maximum absolute atomic E-state index is 12.1. The van der Waals surface area contributed by atoms with Gasteiger partial charge in [0.2, 0.25) is 0 Å². The second kappa shape index (κ2) is 6.45. The first-order valence-corrected chi connectivity index (χ1v) is 6.72. The van der Waals surface area contributed by atoms with Gasteiger partial charge in [-0.25, -0.2) is 4.79 Å². The van der Waals surface area contributed by atoms with E-state index in [1.54, 1.807) is 0 Å². The minimum Gasteiger partial charge on any atom is -0.383 e. The van der Waals surface area contributed by atoms with E-state index in [2.05, 4.69) is 5.32 Å². The number of hydrogen-bond acceptors (Lipinski definition) is 4. The molecule has 0 aromatic carbocycles. The van der Waals surface area contributed by atoms with E-state index in [-0.39, 0.29) is 23.1 Å². The van der Waals surface area contributed by atoms with Crippen molar-refractivity contribution in [3.8, 4) is 0 Å². The largest absolute Gasteiger partial charge is 0.383 e. The minimum atomic E-state index is -0.394. The van der Waals surface area contributed by atoms with Gasteiger partial charge in [-0.2, -0.15) is 0 Å². The molecule has 0 aliphatic heterocycles. The van der Waals surface area contributed by atoms with Crippen LogP contribution in [0.2, 0.25) is 0 Å². The molecule has 0 saturated carbocycles. The van der Waals surface area contributed by atoms with Crippen LogP contribution in [0.25, 0.3) is 0 Å². The van der Waals surface area contributed by atoms with Gasteiger partial charge < -0.3 is 11.1 Å². The molecule has 6 nitrogen and oxygen atoms in total. The number of nitrogens with one attached hydrogen (secondary N) is 1. The van der Waals surface area contributed by atoms with Gasteiger partial charge in [0.05, 0.1) is 0 Å². The summed E-state index contributed by atoms with van der Waals surface area (Å²) < 4.78 is 2.53. The van der Waals surface area contributed by atoms with E-state index in [0.717, 1.165) is 10.1 Å². The first-order chi connectivity index (χ1) is 9.25. The van der Waals surface area contributed by atoms with Gasteiger partial charge >= 0.3 is 5.69 Å². The average molecular weight is 280 g/mol. The molecule has 1 heterocycles. The fourth-order valence-electron chi connectivity index (χ4n) is 1.85. The maximum atomic E-state index is 12.1. The van der Waals surface area contributed by atoms with Gasteiger partial charge in [0.1, 0.15) is 11.5 Å². The van der Waals surface area contributed by atoms with E-state index in [1.807, 2.05) is 33.8 Å². The Morgan fingerprint density at radius 1 is 1.35 bits per heavy atom. The molecule has 1 aromatic rings. The van der Waals surface area contributed by atoms with E-state index in [4.69, 9.17) is 5.73 Å². The van der Waals surface area contributed by atoms with Gasteiger partial charge in [-0.1, -0.05) is 25.5 Å².